The van der Waals surface area contributed by atoms with Gasteiger partial charge in [-0.15, -0.1) is 0 Å². The van der Waals surface area contributed by atoms with E-state index in [2.05, 4.69) is 0 Å². The summed E-state index contributed by atoms with van der Waals surface area (Å²) >= 11 is 0. The molecule has 3 heteroatoms. The third kappa shape index (κ3) is 0.839. The Labute approximate surface area is 59.0 Å². The van der Waals surface area contributed by atoms with Crippen LogP contribution in [0.25, 0.3) is 0 Å². The van der Waals surface area contributed by atoms with Crippen LogP contribution in [-0.4, -0.2) is 30.5 Å². The van der Waals surface area contributed by atoms with Crippen molar-refractivity contribution in [3.05, 3.63) is 0 Å². The molecule has 3 aliphatic rings. The number of rotatable bonds is 0. The molecule has 0 aliphatic carbocycles. The Hall–Kier alpha value is -0.180. The van der Waals surface area contributed by atoms with Gasteiger partial charge in [-0.05, 0) is 25.9 Å². The van der Waals surface area contributed by atoms with Gasteiger partial charge in [0.1, 0.15) is 0 Å². The molecule has 0 aromatic carbocycles. The molecule has 0 unspecified atom stereocenters. The van der Waals surface area contributed by atoms with E-state index in [1.807, 2.05) is 4.90 Å². The van der Waals surface area contributed by atoms with Crippen LogP contribution in [0.2, 0.25) is 0 Å². The first-order chi connectivity index (χ1) is 4.68. The van der Waals surface area contributed by atoms with Crippen molar-refractivity contribution in [2.75, 3.05) is 19.6 Å². The molecule has 3 fully saturated rings. The van der Waals surface area contributed by atoms with Gasteiger partial charge in [0, 0.05) is 5.92 Å². The molecule has 0 aromatic rings. The normalized spacial score (nSPS) is 43.8. The third-order valence-corrected chi connectivity index (χ3v) is 2.62. The maximum atomic E-state index is 12.9. The average molecular weight is 147 g/mol. The number of fused-ring (bicyclic) bond motifs is 3. The van der Waals surface area contributed by atoms with E-state index < -0.39 is 5.92 Å². The Morgan fingerprint density at radius 2 is 1.80 bits per heavy atom. The average Bonchev–Trinajstić information content (AvgIpc) is 1.87. The summed E-state index contributed by atoms with van der Waals surface area (Å²) in [4.78, 5) is 1.86. The topological polar surface area (TPSA) is 3.24 Å². The summed E-state index contributed by atoms with van der Waals surface area (Å²) < 4.78 is 25.7. The van der Waals surface area contributed by atoms with E-state index in [4.69, 9.17) is 0 Å². The van der Waals surface area contributed by atoms with Crippen molar-refractivity contribution in [1.82, 2.24) is 4.90 Å². The van der Waals surface area contributed by atoms with E-state index in [1.165, 1.54) is 0 Å². The Morgan fingerprint density at radius 1 is 1.20 bits per heavy atom. The number of alkyl halides is 2. The second-order valence-electron chi connectivity index (χ2n) is 3.31. The fraction of sp³-hybridized carbons (Fsp3) is 1.00. The molecule has 0 aromatic heterocycles. The lowest BCUT2D eigenvalue weighted by Crippen LogP contribution is -2.54. The molecule has 58 valence electrons. The van der Waals surface area contributed by atoms with Crippen molar-refractivity contribution in [2.24, 2.45) is 5.92 Å². The highest BCUT2D eigenvalue weighted by Crippen LogP contribution is 2.39. The first kappa shape index (κ1) is 6.53. The maximum Gasteiger partial charge on any atom is 0.263 e. The maximum absolute atomic E-state index is 12.9. The minimum absolute atomic E-state index is 0.0116. The number of nitrogens with zero attached hydrogens (tertiary/aromatic N) is 1. The van der Waals surface area contributed by atoms with Crippen LogP contribution in [0.3, 0.4) is 0 Å². The van der Waals surface area contributed by atoms with Crippen LogP contribution in [0, 0.1) is 5.92 Å². The lowest BCUT2D eigenvalue weighted by molar-refractivity contribution is -0.141. The van der Waals surface area contributed by atoms with E-state index in [9.17, 15) is 8.78 Å². The predicted molar refractivity (Wildman–Crippen MR) is 34.1 cm³/mol. The van der Waals surface area contributed by atoms with Crippen molar-refractivity contribution in [3.8, 4) is 0 Å². The van der Waals surface area contributed by atoms with Crippen LogP contribution in [0.5, 0.6) is 0 Å². The van der Waals surface area contributed by atoms with Gasteiger partial charge < -0.3 is 0 Å². The van der Waals surface area contributed by atoms with E-state index in [0.29, 0.717) is 12.8 Å². The zero-order valence-electron chi connectivity index (χ0n) is 5.82. The van der Waals surface area contributed by atoms with Gasteiger partial charge in [-0.25, -0.2) is 8.78 Å². The third-order valence-electron chi connectivity index (χ3n) is 2.62. The highest BCUT2D eigenvalue weighted by Gasteiger charge is 2.47. The van der Waals surface area contributed by atoms with E-state index >= 15 is 0 Å². The fourth-order valence-electron chi connectivity index (χ4n) is 1.94. The first-order valence-electron chi connectivity index (χ1n) is 3.79. The van der Waals surface area contributed by atoms with E-state index in [-0.39, 0.29) is 12.5 Å². The Kier molecular flexibility index (Phi) is 1.24. The second kappa shape index (κ2) is 1.91. The van der Waals surface area contributed by atoms with Crippen molar-refractivity contribution in [2.45, 2.75) is 18.8 Å². The molecule has 0 saturated carbocycles. The van der Waals surface area contributed by atoms with Gasteiger partial charge in [0.25, 0.3) is 5.92 Å². The second-order valence-corrected chi connectivity index (χ2v) is 3.31. The summed E-state index contributed by atoms with van der Waals surface area (Å²) in [7, 11) is 0. The number of hydrogen-bond donors (Lipinski definition) is 0. The smallest absolute Gasteiger partial charge is 0.263 e. The molecule has 1 nitrogen and oxygen atoms in total. The van der Waals surface area contributed by atoms with Crippen molar-refractivity contribution in [3.63, 3.8) is 0 Å². The minimum atomic E-state index is -2.38. The lowest BCUT2D eigenvalue weighted by atomic mass is 9.85. The van der Waals surface area contributed by atoms with Crippen LogP contribution in [0.4, 0.5) is 8.78 Å². The SMILES string of the molecule is FC1(F)CN2CCC1CC2. The molecule has 10 heavy (non-hydrogen) atoms. The van der Waals surface area contributed by atoms with E-state index in [0.717, 1.165) is 13.1 Å². The molecule has 3 saturated heterocycles. The molecule has 3 heterocycles. The van der Waals surface area contributed by atoms with Crippen LogP contribution in [0.1, 0.15) is 12.8 Å². The minimum Gasteiger partial charge on any atom is -0.297 e. The zero-order chi connectivity index (χ0) is 7.19. The van der Waals surface area contributed by atoms with Gasteiger partial charge >= 0.3 is 0 Å². The summed E-state index contributed by atoms with van der Waals surface area (Å²) in [5, 5.41) is 0. The summed E-state index contributed by atoms with van der Waals surface area (Å²) in [5.74, 6) is -2.69. The van der Waals surface area contributed by atoms with Gasteiger partial charge in [0.05, 0.1) is 6.54 Å². The van der Waals surface area contributed by atoms with Gasteiger partial charge in [-0.3, -0.25) is 4.90 Å². The van der Waals surface area contributed by atoms with Crippen molar-refractivity contribution >= 4 is 0 Å². The quantitative estimate of drug-likeness (QED) is 0.500. The van der Waals surface area contributed by atoms with Crippen molar-refractivity contribution in [1.29, 1.82) is 0 Å². The highest BCUT2D eigenvalue weighted by molar-refractivity contribution is 4.91. The van der Waals surface area contributed by atoms with Crippen LogP contribution in [-0.2, 0) is 0 Å². The Morgan fingerprint density at radius 3 is 2.00 bits per heavy atom. The number of piperidine rings is 3. The molecule has 3 aliphatic heterocycles. The van der Waals surface area contributed by atoms with Gasteiger partial charge in [0.15, 0.2) is 0 Å². The summed E-state index contributed by atoms with van der Waals surface area (Å²) in [6, 6.07) is 0. The standard InChI is InChI=1S/C7H11F2N/c8-7(9)5-10-3-1-6(7)2-4-10/h6H,1-5H2. The molecule has 0 amide bonds. The Balaban J connectivity index is 2.15. The monoisotopic (exact) mass is 147 g/mol. The zero-order valence-corrected chi connectivity index (χ0v) is 5.82. The Bertz CT molecular complexity index is 139. The number of halogens is 2. The molecule has 3 rings (SSSR count). The molecular formula is C7H11F2N. The lowest BCUT2D eigenvalue weighted by Gasteiger charge is -2.44. The van der Waals surface area contributed by atoms with Gasteiger partial charge in [-0.2, -0.15) is 0 Å². The largest absolute Gasteiger partial charge is 0.297 e. The van der Waals surface area contributed by atoms with Crippen molar-refractivity contribution < 1.29 is 8.78 Å². The molecule has 0 radical (unpaired) electrons. The summed E-state index contributed by atoms with van der Waals surface area (Å²) in [5.41, 5.74) is 0. The molecule has 0 N–H and O–H groups in total. The molecular weight excluding hydrogens is 136 g/mol. The fourth-order valence-corrected chi connectivity index (χ4v) is 1.94. The first-order valence-corrected chi connectivity index (χ1v) is 3.79. The van der Waals surface area contributed by atoms with Gasteiger partial charge in [0.2, 0.25) is 0 Å². The highest BCUT2D eigenvalue weighted by atomic mass is 19.3. The van der Waals surface area contributed by atoms with Crippen LogP contribution >= 0.6 is 0 Å². The predicted octanol–water partition coefficient (Wildman–Crippen LogP) is 1.35. The van der Waals surface area contributed by atoms with Crippen LogP contribution in [0.15, 0.2) is 0 Å². The molecule has 2 bridgehead atoms. The van der Waals surface area contributed by atoms with Crippen LogP contribution < -0.4 is 0 Å². The van der Waals surface area contributed by atoms with E-state index in [1.54, 1.807) is 0 Å². The molecule has 0 atom stereocenters. The summed E-state index contributed by atoms with van der Waals surface area (Å²) in [6.45, 7) is 1.79. The molecule has 0 spiro atoms. The van der Waals surface area contributed by atoms with Gasteiger partial charge in [-0.1, -0.05) is 0 Å². The number of hydrogen-bond acceptors (Lipinski definition) is 1. The summed E-state index contributed by atoms with van der Waals surface area (Å²) in [6.07, 6.45) is 1.40.